The van der Waals surface area contributed by atoms with Crippen LogP contribution in [0.4, 0.5) is 14.9 Å². The Morgan fingerprint density at radius 1 is 1.30 bits per heavy atom. The molecule has 7 nitrogen and oxygen atoms in total. The number of carbonyl (C=O) groups is 2. The van der Waals surface area contributed by atoms with Gasteiger partial charge >= 0.3 is 5.69 Å². The molecule has 0 unspecified atom stereocenters. The third-order valence-electron chi connectivity index (χ3n) is 3.75. The molecule has 1 aliphatic rings. The highest BCUT2D eigenvalue weighted by Gasteiger charge is 2.36. The molecule has 0 bridgehead atoms. The van der Waals surface area contributed by atoms with Gasteiger partial charge in [-0.1, -0.05) is 23.7 Å². The number of carbonyl (C=O) groups excluding carboxylic acids is 2. The standard InChI is InChI=1S/C17H10ClFN2O5S/c18-11-2-1-3-12(19)10(11)8-20-16(23)15(27-17(20)24)7-9-4-5-14(22)13(6-9)21(25)26/h1-7,22H,8H2. The van der Waals surface area contributed by atoms with Crippen LogP contribution in [0.1, 0.15) is 11.1 Å². The second-order valence-electron chi connectivity index (χ2n) is 5.47. The van der Waals surface area contributed by atoms with Gasteiger partial charge in [-0.05, 0) is 41.6 Å². The number of rotatable bonds is 4. The maximum Gasteiger partial charge on any atom is 0.311 e. The molecule has 0 aliphatic carbocycles. The van der Waals surface area contributed by atoms with Crippen molar-refractivity contribution in [2.75, 3.05) is 0 Å². The number of thioether (sulfide) groups is 1. The summed E-state index contributed by atoms with van der Waals surface area (Å²) in [4.78, 5) is 35.6. The fourth-order valence-electron chi connectivity index (χ4n) is 2.41. The lowest BCUT2D eigenvalue weighted by atomic mass is 10.1. The van der Waals surface area contributed by atoms with Gasteiger partial charge in [-0.15, -0.1) is 0 Å². The number of halogens is 2. The quantitative estimate of drug-likeness (QED) is 0.459. The first-order valence-corrected chi connectivity index (χ1v) is 8.63. The summed E-state index contributed by atoms with van der Waals surface area (Å²) < 4.78 is 13.9. The molecule has 10 heteroatoms. The Morgan fingerprint density at radius 2 is 2.04 bits per heavy atom. The second kappa shape index (κ2) is 7.37. The SMILES string of the molecule is O=C1SC(=Cc2ccc(O)c([N+](=O)[O-])c2)C(=O)N1Cc1c(F)cccc1Cl. The number of amides is 2. The van der Waals surface area contributed by atoms with Crippen molar-refractivity contribution in [3.63, 3.8) is 0 Å². The first kappa shape index (κ1) is 18.9. The smallest absolute Gasteiger partial charge is 0.311 e. The third kappa shape index (κ3) is 3.79. The average Bonchev–Trinajstić information content (AvgIpc) is 2.86. The lowest BCUT2D eigenvalue weighted by Gasteiger charge is -2.14. The average molecular weight is 409 g/mol. The van der Waals surface area contributed by atoms with Crippen LogP contribution in [0.2, 0.25) is 5.02 Å². The molecule has 0 aromatic heterocycles. The molecule has 0 saturated carbocycles. The topological polar surface area (TPSA) is 101 Å². The van der Waals surface area contributed by atoms with Gasteiger partial charge < -0.3 is 5.11 Å². The fourth-order valence-corrected chi connectivity index (χ4v) is 3.47. The van der Waals surface area contributed by atoms with Gasteiger partial charge in [-0.2, -0.15) is 0 Å². The van der Waals surface area contributed by atoms with Crippen LogP contribution in [0.25, 0.3) is 6.08 Å². The van der Waals surface area contributed by atoms with Crippen molar-refractivity contribution < 1.29 is 24.0 Å². The van der Waals surface area contributed by atoms with Crippen LogP contribution in [0.5, 0.6) is 5.75 Å². The molecule has 2 amide bonds. The normalized spacial score (nSPS) is 15.6. The lowest BCUT2D eigenvalue weighted by molar-refractivity contribution is -0.385. The van der Waals surface area contributed by atoms with E-state index in [1.54, 1.807) is 0 Å². The van der Waals surface area contributed by atoms with Crippen LogP contribution >= 0.6 is 23.4 Å². The number of phenols is 1. The number of aromatic hydroxyl groups is 1. The predicted octanol–water partition coefficient (Wildman–Crippen LogP) is 4.33. The van der Waals surface area contributed by atoms with Gasteiger partial charge in [-0.3, -0.25) is 24.6 Å². The van der Waals surface area contributed by atoms with Crippen LogP contribution in [0, 0.1) is 15.9 Å². The molecule has 0 spiro atoms. The summed E-state index contributed by atoms with van der Waals surface area (Å²) in [5.74, 6) is -1.82. The number of nitrogens with zero attached hydrogens (tertiary/aromatic N) is 2. The maximum atomic E-state index is 13.9. The number of nitro benzene ring substituents is 1. The van der Waals surface area contributed by atoms with Gasteiger partial charge in [0.25, 0.3) is 11.1 Å². The van der Waals surface area contributed by atoms with E-state index in [-0.39, 0.29) is 27.6 Å². The summed E-state index contributed by atoms with van der Waals surface area (Å²) in [7, 11) is 0. The van der Waals surface area contributed by atoms with Crippen LogP contribution in [0.15, 0.2) is 41.3 Å². The fraction of sp³-hybridized carbons (Fsp3) is 0.0588. The van der Waals surface area contributed by atoms with Gasteiger partial charge in [0.15, 0.2) is 5.75 Å². The Bertz CT molecular complexity index is 991. The van der Waals surface area contributed by atoms with Gasteiger partial charge in [0.2, 0.25) is 0 Å². The summed E-state index contributed by atoms with van der Waals surface area (Å²) >= 11 is 6.56. The zero-order valence-electron chi connectivity index (χ0n) is 13.4. The van der Waals surface area contributed by atoms with Crippen molar-refractivity contribution >= 4 is 46.3 Å². The molecule has 1 saturated heterocycles. The second-order valence-corrected chi connectivity index (χ2v) is 6.87. The lowest BCUT2D eigenvalue weighted by Crippen LogP contribution is -2.28. The molecule has 0 radical (unpaired) electrons. The number of hydrogen-bond donors (Lipinski definition) is 1. The monoisotopic (exact) mass is 408 g/mol. The number of phenolic OH excluding ortho intramolecular Hbond substituents is 1. The zero-order chi connectivity index (χ0) is 19.7. The third-order valence-corrected chi connectivity index (χ3v) is 5.01. The predicted molar refractivity (Wildman–Crippen MR) is 97.7 cm³/mol. The largest absolute Gasteiger partial charge is 0.502 e. The van der Waals surface area contributed by atoms with Gasteiger partial charge in [0, 0.05) is 16.7 Å². The van der Waals surface area contributed by atoms with Crippen molar-refractivity contribution in [2.24, 2.45) is 0 Å². The number of hydrogen-bond acceptors (Lipinski definition) is 6. The highest BCUT2D eigenvalue weighted by molar-refractivity contribution is 8.18. The summed E-state index contributed by atoms with van der Waals surface area (Å²) in [6, 6.07) is 7.59. The summed E-state index contributed by atoms with van der Waals surface area (Å²) in [6.45, 7) is -0.330. The molecule has 3 rings (SSSR count). The van der Waals surface area contributed by atoms with Gasteiger partial charge in [-0.25, -0.2) is 4.39 Å². The first-order valence-electron chi connectivity index (χ1n) is 7.43. The van der Waals surface area contributed by atoms with E-state index in [1.165, 1.54) is 30.3 Å². The summed E-state index contributed by atoms with van der Waals surface area (Å²) in [5, 5.41) is 19.8. The van der Waals surface area contributed by atoms with E-state index in [9.17, 15) is 29.2 Å². The van der Waals surface area contributed by atoms with Crippen LogP contribution in [-0.2, 0) is 11.3 Å². The van der Waals surface area contributed by atoms with Crippen molar-refractivity contribution in [1.82, 2.24) is 4.90 Å². The molecular formula is C17H10ClFN2O5S. The van der Waals surface area contributed by atoms with E-state index in [4.69, 9.17) is 11.6 Å². The Hall–Kier alpha value is -2.91. The van der Waals surface area contributed by atoms with Crippen molar-refractivity contribution in [3.05, 3.63) is 73.4 Å². The van der Waals surface area contributed by atoms with E-state index in [0.29, 0.717) is 11.8 Å². The molecule has 1 fully saturated rings. The summed E-state index contributed by atoms with van der Waals surface area (Å²) in [5.41, 5.74) is -0.252. The highest BCUT2D eigenvalue weighted by atomic mass is 35.5. The molecule has 2 aromatic rings. The maximum absolute atomic E-state index is 13.9. The number of imide groups is 1. The van der Waals surface area contributed by atoms with Crippen molar-refractivity contribution in [2.45, 2.75) is 6.54 Å². The molecule has 0 atom stereocenters. The van der Waals surface area contributed by atoms with Gasteiger partial charge in [0.05, 0.1) is 16.4 Å². The molecule has 1 heterocycles. The molecule has 1 aliphatic heterocycles. The molecule has 138 valence electrons. The minimum Gasteiger partial charge on any atom is -0.502 e. The zero-order valence-corrected chi connectivity index (χ0v) is 15.0. The Morgan fingerprint density at radius 3 is 2.70 bits per heavy atom. The van der Waals surface area contributed by atoms with Crippen LogP contribution in [0.3, 0.4) is 0 Å². The van der Waals surface area contributed by atoms with Gasteiger partial charge in [0.1, 0.15) is 5.82 Å². The number of nitro groups is 1. The van der Waals surface area contributed by atoms with E-state index in [2.05, 4.69) is 0 Å². The first-order chi connectivity index (χ1) is 12.8. The van der Waals surface area contributed by atoms with Crippen LogP contribution < -0.4 is 0 Å². The minimum absolute atomic E-state index is 0.0167. The Kier molecular flexibility index (Phi) is 5.15. The van der Waals surface area contributed by atoms with Crippen molar-refractivity contribution in [1.29, 1.82) is 0 Å². The summed E-state index contributed by atoms with van der Waals surface area (Å²) in [6.07, 6.45) is 1.29. The minimum atomic E-state index is -0.765. The van der Waals surface area contributed by atoms with E-state index in [1.807, 2.05) is 0 Å². The Balaban J connectivity index is 1.89. The molecular weight excluding hydrogens is 399 g/mol. The van der Waals surface area contributed by atoms with Crippen molar-refractivity contribution in [3.8, 4) is 5.75 Å². The highest BCUT2D eigenvalue weighted by Crippen LogP contribution is 2.35. The van der Waals surface area contributed by atoms with Crippen LogP contribution in [-0.4, -0.2) is 26.1 Å². The Labute approximate surface area is 161 Å². The number of benzene rings is 2. The molecule has 27 heavy (non-hydrogen) atoms. The van der Waals surface area contributed by atoms with E-state index < -0.39 is 33.3 Å². The van der Waals surface area contributed by atoms with E-state index >= 15 is 0 Å². The molecule has 1 N–H and O–H groups in total. The molecule has 2 aromatic carbocycles. The van der Waals surface area contributed by atoms with E-state index in [0.717, 1.165) is 17.0 Å².